The summed E-state index contributed by atoms with van der Waals surface area (Å²) >= 11 is 5.98. The number of hydrogen-bond acceptors (Lipinski definition) is 4. The van der Waals surface area contributed by atoms with Gasteiger partial charge in [-0.2, -0.15) is 0 Å². The molecule has 0 radical (unpaired) electrons. The molecule has 7 heteroatoms. The number of sulfonamides is 1. The maximum Gasteiger partial charge on any atom is 0.213 e. The van der Waals surface area contributed by atoms with Crippen LogP contribution in [-0.2, 0) is 10.0 Å². The first-order chi connectivity index (χ1) is 10.5. The first kappa shape index (κ1) is 15.5. The third kappa shape index (κ3) is 3.04. The van der Waals surface area contributed by atoms with Crippen molar-refractivity contribution in [2.45, 2.75) is 6.92 Å². The second-order valence-electron chi connectivity index (χ2n) is 5.48. The van der Waals surface area contributed by atoms with E-state index in [9.17, 15) is 8.42 Å². The fraction of sp³-hybridized carbons (Fsp3) is 0.400. The summed E-state index contributed by atoms with van der Waals surface area (Å²) in [4.78, 5) is 4.31. The molecular weight excluding hydrogens is 322 g/mol. The number of hydrogen-bond donors (Lipinski definition) is 1. The van der Waals surface area contributed by atoms with Gasteiger partial charge in [0, 0.05) is 47.8 Å². The number of anilines is 1. The molecule has 1 aliphatic rings. The maximum absolute atomic E-state index is 11.7. The third-order valence-corrected chi connectivity index (χ3v) is 6.02. The van der Waals surface area contributed by atoms with Gasteiger partial charge in [-0.05, 0) is 31.2 Å². The van der Waals surface area contributed by atoms with Gasteiger partial charge in [-0.15, -0.1) is 0 Å². The zero-order chi connectivity index (χ0) is 15.7. The lowest BCUT2D eigenvalue weighted by molar-refractivity contribution is 0.212. The molecule has 1 fully saturated rings. The number of nitrogens with one attached hydrogen (secondary N) is 1. The highest BCUT2D eigenvalue weighted by molar-refractivity contribution is 7.89. The van der Waals surface area contributed by atoms with E-state index < -0.39 is 10.0 Å². The molecule has 0 aliphatic carbocycles. The smallest absolute Gasteiger partial charge is 0.213 e. The molecule has 22 heavy (non-hydrogen) atoms. The number of aromatic nitrogens is 1. The summed E-state index contributed by atoms with van der Waals surface area (Å²) in [5, 5.41) is 5.08. The molecule has 0 amide bonds. The molecule has 5 nitrogen and oxygen atoms in total. The van der Waals surface area contributed by atoms with E-state index in [1.54, 1.807) is 17.4 Å². The fourth-order valence-electron chi connectivity index (χ4n) is 2.59. The Hall–Kier alpha value is -1.37. The summed E-state index contributed by atoms with van der Waals surface area (Å²) in [6, 6.07) is 7.55. The number of pyridine rings is 1. The first-order valence-electron chi connectivity index (χ1n) is 7.25. The van der Waals surface area contributed by atoms with Crippen LogP contribution in [-0.4, -0.2) is 43.1 Å². The van der Waals surface area contributed by atoms with Crippen LogP contribution >= 0.6 is 11.6 Å². The van der Waals surface area contributed by atoms with Crippen molar-refractivity contribution >= 4 is 38.2 Å². The molecule has 3 rings (SSSR count). The molecule has 2 heterocycles. The van der Waals surface area contributed by atoms with Crippen LogP contribution in [0.2, 0.25) is 5.02 Å². The van der Waals surface area contributed by atoms with E-state index in [2.05, 4.69) is 10.3 Å². The van der Waals surface area contributed by atoms with Crippen LogP contribution in [0.4, 0.5) is 5.69 Å². The molecule has 1 saturated heterocycles. The molecule has 0 atom stereocenters. The van der Waals surface area contributed by atoms with Crippen LogP contribution in [0, 0.1) is 5.92 Å². The third-order valence-electron chi connectivity index (χ3n) is 3.97. The van der Waals surface area contributed by atoms with Gasteiger partial charge in [-0.25, -0.2) is 12.7 Å². The maximum atomic E-state index is 11.7. The zero-order valence-electron chi connectivity index (χ0n) is 12.3. The van der Waals surface area contributed by atoms with E-state index in [0.29, 0.717) is 24.0 Å². The minimum atomic E-state index is -3.04. The second-order valence-corrected chi connectivity index (χ2v) is 8.18. The van der Waals surface area contributed by atoms with Crippen LogP contribution in [0.15, 0.2) is 30.5 Å². The van der Waals surface area contributed by atoms with Crippen molar-refractivity contribution in [2.75, 3.05) is 30.7 Å². The van der Waals surface area contributed by atoms with E-state index in [0.717, 1.165) is 23.1 Å². The van der Waals surface area contributed by atoms with Gasteiger partial charge in [0.25, 0.3) is 0 Å². The molecular formula is C15H18ClN3O2S. The van der Waals surface area contributed by atoms with Crippen molar-refractivity contribution in [3.05, 3.63) is 35.5 Å². The average molecular weight is 340 g/mol. The van der Waals surface area contributed by atoms with E-state index in [-0.39, 0.29) is 5.75 Å². The Morgan fingerprint density at radius 1 is 1.36 bits per heavy atom. The van der Waals surface area contributed by atoms with Gasteiger partial charge in [0.1, 0.15) is 0 Å². The Kier molecular flexibility index (Phi) is 4.25. The molecule has 0 unspecified atom stereocenters. The lowest BCUT2D eigenvalue weighted by Crippen LogP contribution is -2.52. The van der Waals surface area contributed by atoms with Gasteiger partial charge in [0.05, 0.1) is 11.3 Å². The van der Waals surface area contributed by atoms with Crippen molar-refractivity contribution in [2.24, 2.45) is 5.92 Å². The predicted octanol–water partition coefficient (Wildman–Crippen LogP) is 2.58. The minimum absolute atomic E-state index is 0.170. The van der Waals surface area contributed by atoms with Gasteiger partial charge in [0.15, 0.2) is 0 Å². The monoisotopic (exact) mass is 339 g/mol. The standard InChI is InChI=1S/C15H18ClN3O2S/c1-2-22(20,21)19-9-11(10-19)8-18-14-5-6-17-15-7-12(16)3-4-13(14)15/h3-7,11H,2,8-10H2,1H3,(H,17,18). The number of benzene rings is 1. The second kappa shape index (κ2) is 6.02. The summed E-state index contributed by atoms with van der Waals surface area (Å²) in [5.41, 5.74) is 1.85. The fourth-order valence-corrected chi connectivity index (χ4v) is 4.00. The Morgan fingerprint density at radius 2 is 2.14 bits per heavy atom. The number of rotatable bonds is 5. The Morgan fingerprint density at radius 3 is 2.86 bits per heavy atom. The molecule has 0 saturated carbocycles. The first-order valence-corrected chi connectivity index (χ1v) is 9.24. The van der Waals surface area contributed by atoms with Crippen molar-refractivity contribution in [3.63, 3.8) is 0 Å². The quantitative estimate of drug-likeness (QED) is 0.909. The van der Waals surface area contributed by atoms with Gasteiger partial charge < -0.3 is 5.32 Å². The molecule has 1 N–H and O–H groups in total. The van der Waals surface area contributed by atoms with Crippen LogP contribution in [0.5, 0.6) is 0 Å². The normalized spacial score (nSPS) is 16.6. The van der Waals surface area contributed by atoms with Crippen molar-refractivity contribution in [1.82, 2.24) is 9.29 Å². The molecule has 0 bridgehead atoms. The van der Waals surface area contributed by atoms with E-state index in [1.807, 2.05) is 24.3 Å². The topological polar surface area (TPSA) is 62.3 Å². The summed E-state index contributed by atoms with van der Waals surface area (Å²) in [6.07, 6.45) is 1.75. The minimum Gasteiger partial charge on any atom is -0.384 e. The van der Waals surface area contributed by atoms with Crippen molar-refractivity contribution < 1.29 is 8.42 Å². The van der Waals surface area contributed by atoms with Crippen LogP contribution < -0.4 is 5.32 Å². The van der Waals surface area contributed by atoms with Crippen LogP contribution in [0.25, 0.3) is 10.9 Å². The zero-order valence-corrected chi connectivity index (χ0v) is 13.9. The summed E-state index contributed by atoms with van der Waals surface area (Å²) in [5.74, 6) is 0.514. The van der Waals surface area contributed by atoms with Crippen LogP contribution in [0.3, 0.4) is 0 Å². The van der Waals surface area contributed by atoms with Gasteiger partial charge in [0.2, 0.25) is 10.0 Å². The SMILES string of the molecule is CCS(=O)(=O)N1CC(CNc2ccnc3cc(Cl)ccc23)C1. The van der Waals surface area contributed by atoms with Gasteiger partial charge in [-0.3, -0.25) is 4.98 Å². The highest BCUT2D eigenvalue weighted by Gasteiger charge is 2.34. The number of halogens is 1. The summed E-state index contributed by atoms with van der Waals surface area (Å²) in [6.45, 7) is 3.61. The number of nitrogens with zero attached hydrogens (tertiary/aromatic N) is 2. The van der Waals surface area contributed by atoms with Gasteiger partial charge >= 0.3 is 0 Å². The van der Waals surface area contributed by atoms with Crippen molar-refractivity contribution in [3.8, 4) is 0 Å². The summed E-state index contributed by atoms with van der Waals surface area (Å²) in [7, 11) is -3.04. The molecule has 1 aromatic heterocycles. The number of fused-ring (bicyclic) bond motifs is 1. The Balaban J connectivity index is 1.64. The van der Waals surface area contributed by atoms with E-state index >= 15 is 0 Å². The van der Waals surface area contributed by atoms with Crippen molar-refractivity contribution in [1.29, 1.82) is 0 Å². The molecule has 2 aromatic rings. The lowest BCUT2D eigenvalue weighted by atomic mass is 10.0. The highest BCUT2D eigenvalue weighted by atomic mass is 35.5. The molecule has 1 aliphatic heterocycles. The predicted molar refractivity (Wildman–Crippen MR) is 89.8 cm³/mol. The molecule has 0 spiro atoms. The highest BCUT2D eigenvalue weighted by Crippen LogP contribution is 2.26. The average Bonchev–Trinajstić information content (AvgIpc) is 2.45. The van der Waals surface area contributed by atoms with Crippen LogP contribution in [0.1, 0.15) is 6.92 Å². The Labute approximate surface area is 135 Å². The summed E-state index contributed by atoms with van der Waals surface area (Å²) < 4.78 is 24.9. The Bertz CT molecular complexity index is 788. The van der Waals surface area contributed by atoms with E-state index in [4.69, 9.17) is 11.6 Å². The largest absolute Gasteiger partial charge is 0.384 e. The molecule has 118 valence electrons. The molecule has 1 aromatic carbocycles. The lowest BCUT2D eigenvalue weighted by Gasteiger charge is -2.38. The van der Waals surface area contributed by atoms with E-state index in [1.165, 1.54) is 0 Å². The van der Waals surface area contributed by atoms with Gasteiger partial charge in [-0.1, -0.05) is 11.6 Å².